The van der Waals surface area contributed by atoms with Crippen LogP contribution in [0.5, 0.6) is 0 Å². The Morgan fingerprint density at radius 2 is 2.09 bits per heavy atom. The minimum atomic E-state index is -0.452. The van der Waals surface area contributed by atoms with Crippen LogP contribution >= 0.6 is 12.4 Å². The number of hydrogen-bond donors (Lipinski definition) is 1. The van der Waals surface area contributed by atoms with Crippen molar-refractivity contribution in [2.75, 3.05) is 26.2 Å². The van der Waals surface area contributed by atoms with Crippen LogP contribution < -0.4 is 5.32 Å². The number of likely N-dealkylation sites (tertiary alicyclic amines) is 1. The Labute approximate surface area is 135 Å². The molecule has 2 aliphatic rings. The summed E-state index contributed by atoms with van der Waals surface area (Å²) >= 11 is 0. The second kappa shape index (κ2) is 6.62. The number of fused-ring (bicyclic) bond motifs is 1. The molecule has 6 nitrogen and oxygen atoms in total. The van der Waals surface area contributed by atoms with Crippen molar-refractivity contribution in [1.82, 2.24) is 10.2 Å². The molecule has 0 radical (unpaired) electrons. The van der Waals surface area contributed by atoms with E-state index in [-0.39, 0.29) is 29.6 Å². The van der Waals surface area contributed by atoms with E-state index in [1.165, 1.54) is 0 Å². The molecular formula is C15H20ClN3O3. The van der Waals surface area contributed by atoms with E-state index in [1.807, 2.05) is 0 Å². The van der Waals surface area contributed by atoms with Crippen molar-refractivity contribution in [3.05, 3.63) is 39.4 Å². The number of amides is 1. The predicted molar refractivity (Wildman–Crippen MR) is 85.5 cm³/mol. The van der Waals surface area contributed by atoms with Crippen LogP contribution in [0, 0.1) is 28.9 Å². The molecule has 1 N–H and O–H groups in total. The van der Waals surface area contributed by atoms with Crippen molar-refractivity contribution in [2.24, 2.45) is 11.8 Å². The number of benzene rings is 1. The summed E-state index contributed by atoms with van der Waals surface area (Å²) in [6, 6.07) is 4.94. The maximum absolute atomic E-state index is 12.7. The van der Waals surface area contributed by atoms with E-state index in [0.29, 0.717) is 30.5 Å². The number of nitrogens with zero attached hydrogens (tertiary/aromatic N) is 2. The third kappa shape index (κ3) is 2.94. The van der Waals surface area contributed by atoms with Crippen molar-refractivity contribution >= 4 is 24.0 Å². The van der Waals surface area contributed by atoms with Gasteiger partial charge in [0.15, 0.2) is 0 Å². The number of nitrogens with one attached hydrogen (secondary N) is 1. The Hall–Kier alpha value is -1.66. The van der Waals surface area contributed by atoms with Gasteiger partial charge in [0.1, 0.15) is 5.56 Å². The summed E-state index contributed by atoms with van der Waals surface area (Å²) in [5, 5.41) is 14.6. The lowest BCUT2D eigenvalue weighted by Crippen LogP contribution is -2.43. The average Bonchev–Trinajstić information content (AvgIpc) is 2.93. The third-order valence-electron chi connectivity index (χ3n) is 4.64. The van der Waals surface area contributed by atoms with Crippen LogP contribution in [0.25, 0.3) is 0 Å². The number of halogens is 1. The number of rotatable bonds is 2. The molecule has 2 fully saturated rings. The fraction of sp³-hybridized carbons (Fsp3) is 0.533. The van der Waals surface area contributed by atoms with Crippen molar-refractivity contribution in [1.29, 1.82) is 0 Å². The third-order valence-corrected chi connectivity index (χ3v) is 4.64. The lowest BCUT2D eigenvalue weighted by molar-refractivity contribution is -0.385. The molecule has 1 aromatic carbocycles. The standard InChI is InChI=1S/C15H19N3O3.ClH/c1-10-3-2-4-13(14(10)18(20)21)15(19)17-6-5-11-7-16-8-12(11)9-17;/h2-4,11-12,16H,5-9H2,1H3;1H. The predicted octanol–water partition coefficient (Wildman–Crippen LogP) is 2.01. The lowest BCUT2D eigenvalue weighted by Gasteiger charge is -2.34. The quantitative estimate of drug-likeness (QED) is 0.666. The van der Waals surface area contributed by atoms with Gasteiger partial charge in [0, 0.05) is 18.7 Å². The summed E-state index contributed by atoms with van der Waals surface area (Å²) in [5.41, 5.74) is 0.682. The highest BCUT2D eigenvalue weighted by atomic mass is 35.5. The van der Waals surface area contributed by atoms with Gasteiger partial charge in [0.05, 0.1) is 4.92 Å². The summed E-state index contributed by atoms with van der Waals surface area (Å²) in [6.07, 6.45) is 0.975. The number of hydrogen-bond acceptors (Lipinski definition) is 4. The molecule has 7 heteroatoms. The van der Waals surface area contributed by atoms with Gasteiger partial charge in [0.2, 0.25) is 0 Å². The maximum atomic E-state index is 12.7. The molecular weight excluding hydrogens is 306 g/mol. The monoisotopic (exact) mass is 325 g/mol. The van der Waals surface area contributed by atoms with Crippen LogP contribution in [-0.2, 0) is 0 Å². The molecule has 0 aliphatic carbocycles. The van der Waals surface area contributed by atoms with Gasteiger partial charge in [-0.3, -0.25) is 14.9 Å². The highest BCUT2D eigenvalue weighted by Crippen LogP contribution is 2.30. The molecule has 1 aromatic rings. The first kappa shape index (κ1) is 16.7. The van der Waals surface area contributed by atoms with Crippen LogP contribution in [0.15, 0.2) is 18.2 Å². The van der Waals surface area contributed by atoms with E-state index < -0.39 is 4.92 Å². The van der Waals surface area contributed by atoms with Crippen molar-refractivity contribution in [3.63, 3.8) is 0 Å². The zero-order chi connectivity index (χ0) is 15.0. The van der Waals surface area contributed by atoms with Crippen LogP contribution in [0.2, 0.25) is 0 Å². The zero-order valence-electron chi connectivity index (χ0n) is 12.4. The van der Waals surface area contributed by atoms with Gasteiger partial charge < -0.3 is 10.2 Å². The topological polar surface area (TPSA) is 75.5 Å². The van der Waals surface area contributed by atoms with E-state index in [4.69, 9.17) is 0 Å². The van der Waals surface area contributed by atoms with E-state index >= 15 is 0 Å². The van der Waals surface area contributed by atoms with E-state index in [1.54, 1.807) is 30.0 Å². The van der Waals surface area contributed by atoms with Gasteiger partial charge in [-0.05, 0) is 44.3 Å². The normalized spacial score (nSPS) is 23.6. The Balaban J connectivity index is 0.00000176. The Bertz CT molecular complexity index is 593. The molecule has 0 bridgehead atoms. The molecule has 3 rings (SSSR count). The summed E-state index contributed by atoms with van der Waals surface area (Å²) < 4.78 is 0. The second-order valence-electron chi connectivity index (χ2n) is 5.95. The summed E-state index contributed by atoms with van der Waals surface area (Å²) in [5.74, 6) is 0.906. The number of aryl methyl sites for hydroxylation is 1. The Morgan fingerprint density at radius 3 is 2.82 bits per heavy atom. The summed E-state index contributed by atoms with van der Waals surface area (Å²) in [6.45, 7) is 5.01. The molecule has 120 valence electrons. The average molecular weight is 326 g/mol. The zero-order valence-corrected chi connectivity index (χ0v) is 13.3. The summed E-state index contributed by atoms with van der Waals surface area (Å²) in [7, 11) is 0. The summed E-state index contributed by atoms with van der Waals surface area (Å²) in [4.78, 5) is 25.2. The number of piperidine rings is 1. The number of nitro benzene ring substituents is 1. The molecule has 1 amide bonds. The van der Waals surface area contributed by atoms with Gasteiger partial charge in [-0.15, -0.1) is 12.4 Å². The first-order valence-corrected chi connectivity index (χ1v) is 7.32. The van der Waals surface area contributed by atoms with E-state index in [0.717, 1.165) is 19.5 Å². The van der Waals surface area contributed by atoms with E-state index in [2.05, 4.69) is 5.32 Å². The number of para-hydroxylation sites is 1. The minimum Gasteiger partial charge on any atom is -0.338 e. The van der Waals surface area contributed by atoms with Crippen LogP contribution in [0.3, 0.4) is 0 Å². The number of carbonyl (C=O) groups is 1. The molecule has 2 saturated heterocycles. The molecule has 2 heterocycles. The van der Waals surface area contributed by atoms with Gasteiger partial charge in [-0.2, -0.15) is 0 Å². The molecule has 2 atom stereocenters. The van der Waals surface area contributed by atoms with E-state index in [9.17, 15) is 14.9 Å². The number of nitro groups is 1. The highest BCUT2D eigenvalue weighted by molar-refractivity contribution is 5.98. The van der Waals surface area contributed by atoms with Gasteiger partial charge in [-0.1, -0.05) is 12.1 Å². The highest BCUT2D eigenvalue weighted by Gasteiger charge is 2.36. The van der Waals surface area contributed by atoms with Crippen LogP contribution in [0.4, 0.5) is 5.69 Å². The Morgan fingerprint density at radius 1 is 1.36 bits per heavy atom. The molecule has 22 heavy (non-hydrogen) atoms. The second-order valence-corrected chi connectivity index (χ2v) is 5.95. The fourth-order valence-electron chi connectivity index (χ4n) is 3.46. The maximum Gasteiger partial charge on any atom is 0.285 e. The molecule has 0 spiro atoms. The first-order chi connectivity index (χ1) is 10.1. The minimum absolute atomic E-state index is 0. The lowest BCUT2D eigenvalue weighted by atomic mass is 9.88. The molecule has 2 aliphatic heterocycles. The Kier molecular flexibility index (Phi) is 5.03. The van der Waals surface area contributed by atoms with Crippen molar-refractivity contribution in [2.45, 2.75) is 13.3 Å². The van der Waals surface area contributed by atoms with Crippen LogP contribution in [0.1, 0.15) is 22.3 Å². The van der Waals surface area contributed by atoms with Gasteiger partial charge in [0.25, 0.3) is 11.6 Å². The number of carbonyl (C=O) groups excluding carboxylic acids is 1. The first-order valence-electron chi connectivity index (χ1n) is 7.32. The SMILES string of the molecule is Cc1cccc(C(=O)N2CCC3CNCC3C2)c1[N+](=O)[O-].Cl. The van der Waals surface area contributed by atoms with Gasteiger partial charge in [-0.25, -0.2) is 0 Å². The largest absolute Gasteiger partial charge is 0.338 e. The molecule has 0 saturated carbocycles. The van der Waals surface area contributed by atoms with Crippen molar-refractivity contribution < 1.29 is 9.72 Å². The fourth-order valence-corrected chi connectivity index (χ4v) is 3.46. The smallest absolute Gasteiger partial charge is 0.285 e. The van der Waals surface area contributed by atoms with Gasteiger partial charge >= 0.3 is 0 Å². The molecule has 2 unspecified atom stereocenters. The molecule has 0 aromatic heterocycles. The van der Waals surface area contributed by atoms with Crippen LogP contribution in [-0.4, -0.2) is 41.9 Å². The van der Waals surface area contributed by atoms with Crippen molar-refractivity contribution in [3.8, 4) is 0 Å².